The van der Waals surface area contributed by atoms with Gasteiger partial charge in [0.05, 0.1) is 12.7 Å². The zero-order chi connectivity index (χ0) is 19.8. The van der Waals surface area contributed by atoms with Crippen LogP contribution < -0.4 is 4.74 Å². The molecule has 1 saturated heterocycles. The van der Waals surface area contributed by atoms with Crippen LogP contribution in [0, 0.1) is 0 Å². The first-order valence-corrected chi connectivity index (χ1v) is 10.8. The van der Waals surface area contributed by atoms with E-state index in [4.69, 9.17) is 4.74 Å². The van der Waals surface area contributed by atoms with Crippen LogP contribution in [0.25, 0.3) is 0 Å². The van der Waals surface area contributed by atoms with E-state index in [9.17, 15) is 5.11 Å². The SMILES string of the molecule is CCCCC(O)(c1ccc(OC)cc1)C(CN1CCCCC1)c1ccccc1.Cl. The van der Waals surface area contributed by atoms with Crippen molar-refractivity contribution in [1.29, 1.82) is 0 Å². The predicted molar refractivity (Wildman–Crippen MR) is 123 cm³/mol. The molecular formula is C25H36ClNO2. The fourth-order valence-electron chi connectivity index (χ4n) is 4.46. The van der Waals surface area contributed by atoms with Crippen molar-refractivity contribution in [3.63, 3.8) is 0 Å². The maximum Gasteiger partial charge on any atom is 0.118 e. The van der Waals surface area contributed by atoms with Crippen LogP contribution >= 0.6 is 12.4 Å². The van der Waals surface area contributed by atoms with Crippen molar-refractivity contribution in [2.75, 3.05) is 26.7 Å². The summed E-state index contributed by atoms with van der Waals surface area (Å²) in [5.41, 5.74) is 1.33. The zero-order valence-electron chi connectivity index (χ0n) is 17.8. The van der Waals surface area contributed by atoms with E-state index < -0.39 is 5.60 Å². The number of ether oxygens (including phenoxy) is 1. The highest BCUT2D eigenvalue weighted by atomic mass is 35.5. The monoisotopic (exact) mass is 417 g/mol. The Hall–Kier alpha value is -1.55. The minimum Gasteiger partial charge on any atom is -0.497 e. The summed E-state index contributed by atoms with van der Waals surface area (Å²) in [6.07, 6.45) is 6.69. The number of hydrogen-bond acceptors (Lipinski definition) is 3. The molecule has 2 aromatic carbocycles. The van der Waals surface area contributed by atoms with Gasteiger partial charge >= 0.3 is 0 Å². The van der Waals surface area contributed by atoms with Gasteiger partial charge in [-0.25, -0.2) is 0 Å². The number of likely N-dealkylation sites (tertiary alicyclic amines) is 1. The molecule has 0 spiro atoms. The molecule has 0 saturated carbocycles. The normalized spacial score (nSPS) is 17.8. The van der Waals surface area contributed by atoms with Crippen LogP contribution in [0.1, 0.15) is 62.5 Å². The van der Waals surface area contributed by atoms with Crippen LogP contribution in [-0.4, -0.2) is 36.8 Å². The van der Waals surface area contributed by atoms with Gasteiger partial charge < -0.3 is 14.7 Å². The molecule has 1 aliphatic rings. The highest BCUT2D eigenvalue weighted by Crippen LogP contribution is 2.42. The number of benzene rings is 2. The Bertz CT molecular complexity index is 701. The number of aliphatic hydroxyl groups is 1. The number of nitrogens with zero attached hydrogens (tertiary/aromatic N) is 1. The Labute approximate surface area is 182 Å². The van der Waals surface area contributed by atoms with Gasteiger partial charge in [0.25, 0.3) is 0 Å². The molecule has 0 radical (unpaired) electrons. The predicted octanol–water partition coefficient (Wildman–Crippen LogP) is 5.76. The standard InChI is InChI=1S/C25H35NO2.ClH/c1-3-4-17-25(27,22-13-15-23(28-2)16-14-22)24(21-11-7-5-8-12-21)20-26-18-9-6-10-19-26;/h5,7-8,11-16,24,27H,3-4,6,9-10,17-20H2,1-2H3;1H. The molecule has 3 nitrogen and oxygen atoms in total. The molecular weight excluding hydrogens is 382 g/mol. The number of piperidine rings is 1. The summed E-state index contributed by atoms with van der Waals surface area (Å²) < 4.78 is 5.34. The van der Waals surface area contributed by atoms with Gasteiger partial charge in [0.1, 0.15) is 5.75 Å². The van der Waals surface area contributed by atoms with E-state index in [2.05, 4.69) is 42.2 Å². The summed E-state index contributed by atoms with van der Waals surface area (Å²) in [6.45, 7) is 5.36. The van der Waals surface area contributed by atoms with E-state index in [0.717, 1.165) is 50.2 Å². The molecule has 2 aromatic rings. The highest BCUT2D eigenvalue weighted by molar-refractivity contribution is 5.85. The Balaban J connectivity index is 0.00000300. The van der Waals surface area contributed by atoms with Gasteiger partial charge in [-0.1, -0.05) is 68.7 Å². The smallest absolute Gasteiger partial charge is 0.118 e. The molecule has 0 amide bonds. The second kappa shape index (κ2) is 11.6. The lowest BCUT2D eigenvalue weighted by atomic mass is 9.74. The van der Waals surface area contributed by atoms with Crippen molar-refractivity contribution in [2.24, 2.45) is 0 Å². The number of rotatable bonds is 9. The third-order valence-electron chi connectivity index (χ3n) is 6.17. The van der Waals surface area contributed by atoms with E-state index in [-0.39, 0.29) is 18.3 Å². The van der Waals surface area contributed by atoms with Crippen molar-refractivity contribution >= 4 is 12.4 Å². The summed E-state index contributed by atoms with van der Waals surface area (Å²) in [6, 6.07) is 18.6. The van der Waals surface area contributed by atoms with Gasteiger partial charge in [-0.3, -0.25) is 0 Å². The summed E-state index contributed by atoms with van der Waals surface area (Å²) >= 11 is 0. The maximum atomic E-state index is 12.2. The van der Waals surface area contributed by atoms with Crippen LogP contribution in [0.15, 0.2) is 54.6 Å². The quantitative estimate of drug-likeness (QED) is 0.562. The lowest BCUT2D eigenvalue weighted by molar-refractivity contribution is -0.0164. The first-order valence-electron chi connectivity index (χ1n) is 10.8. The second-order valence-corrected chi connectivity index (χ2v) is 8.08. The fourth-order valence-corrected chi connectivity index (χ4v) is 4.46. The molecule has 4 heteroatoms. The topological polar surface area (TPSA) is 32.7 Å². The highest BCUT2D eigenvalue weighted by Gasteiger charge is 2.40. The molecule has 1 N–H and O–H groups in total. The van der Waals surface area contributed by atoms with Crippen molar-refractivity contribution in [1.82, 2.24) is 4.90 Å². The first-order chi connectivity index (χ1) is 13.7. The third-order valence-corrected chi connectivity index (χ3v) is 6.17. The van der Waals surface area contributed by atoms with Crippen LogP contribution in [0.4, 0.5) is 0 Å². The van der Waals surface area contributed by atoms with Crippen molar-refractivity contribution in [3.05, 3.63) is 65.7 Å². The summed E-state index contributed by atoms with van der Waals surface area (Å²) in [4.78, 5) is 2.54. The molecule has 1 aliphatic heterocycles. The van der Waals surface area contributed by atoms with Gasteiger partial charge in [0, 0.05) is 12.5 Å². The fraction of sp³-hybridized carbons (Fsp3) is 0.520. The Morgan fingerprint density at radius 3 is 2.24 bits per heavy atom. The van der Waals surface area contributed by atoms with Gasteiger partial charge in [0.2, 0.25) is 0 Å². The minimum atomic E-state index is -0.888. The Kier molecular flexibility index (Phi) is 9.48. The van der Waals surface area contributed by atoms with E-state index in [1.165, 1.54) is 24.8 Å². The average Bonchev–Trinajstić information content (AvgIpc) is 2.77. The average molecular weight is 418 g/mol. The molecule has 1 fully saturated rings. The maximum absolute atomic E-state index is 12.2. The van der Waals surface area contributed by atoms with Gasteiger partial charge in [0.15, 0.2) is 0 Å². The van der Waals surface area contributed by atoms with Crippen molar-refractivity contribution < 1.29 is 9.84 Å². The Morgan fingerprint density at radius 1 is 1.00 bits per heavy atom. The molecule has 29 heavy (non-hydrogen) atoms. The minimum absolute atomic E-state index is 0. The summed E-state index contributed by atoms with van der Waals surface area (Å²) in [5, 5.41) is 12.2. The number of halogens is 1. The Morgan fingerprint density at radius 2 is 1.66 bits per heavy atom. The van der Waals surface area contributed by atoms with Gasteiger partial charge in [-0.2, -0.15) is 0 Å². The van der Waals surface area contributed by atoms with Crippen LogP contribution in [0.2, 0.25) is 0 Å². The first kappa shape index (κ1) is 23.7. The van der Waals surface area contributed by atoms with Gasteiger partial charge in [-0.05, 0) is 55.6 Å². The number of unbranched alkanes of at least 4 members (excludes halogenated alkanes) is 1. The van der Waals surface area contributed by atoms with Crippen LogP contribution in [0.3, 0.4) is 0 Å². The molecule has 0 bridgehead atoms. The number of methoxy groups -OCH3 is 1. The molecule has 0 aromatic heterocycles. The summed E-state index contributed by atoms with van der Waals surface area (Å²) in [7, 11) is 1.68. The largest absolute Gasteiger partial charge is 0.497 e. The number of hydrogen-bond donors (Lipinski definition) is 1. The van der Waals surface area contributed by atoms with E-state index in [1.807, 2.05) is 24.3 Å². The zero-order valence-corrected chi connectivity index (χ0v) is 18.7. The third kappa shape index (κ3) is 5.97. The molecule has 2 unspecified atom stereocenters. The van der Waals surface area contributed by atoms with Crippen LogP contribution in [-0.2, 0) is 5.60 Å². The van der Waals surface area contributed by atoms with E-state index in [0.29, 0.717) is 0 Å². The molecule has 0 aliphatic carbocycles. The lowest BCUT2D eigenvalue weighted by Gasteiger charge is -2.41. The lowest BCUT2D eigenvalue weighted by Crippen LogP contribution is -2.42. The molecule has 1 heterocycles. The van der Waals surface area contributed by atoms with E-state index >= 15 is 0 Å². The second-order valence-electron chi connectivity index (χ2n) is 8.08. The van der Waals surface area contributed by atoms with E-state index in [1.54, 1.807) is 7.11 Å². The van der Waals surface area contributed by atoms with Crippen molar-refractivity contribution in [3.8, 4) is 5.75 Å². The molecule has 2 atom stereocenters. The van der Waals surface area contributed by atoms with Gasteiger partial charge in [-0.15, -0.1) is 12.4 Å². The van der Waals surface area contributed by atoms with Crippen molar-refractivity contribution in [2.45, 2.75) is 57.0 Å². The summed E-state index contributed by atoms with van der Waals surface area (Å²) in [5.74, 6) is 0.876. The molecule has 3 rings (SSSR count). The molecule has 160 valence electrons. The van der Waals surface area contributed by atoms with Crippen LogP contribution in [0.5, 0.6) is 5.75 Å².